The Hall–Kier alpha value is -0.0900. The van der Waals surface area contributed by atoms with E-state index in [2.05, 4.69) is 5.32 Å². The summed E-state index contributed by atoms with van der Waals surface area (Å²) >= 11 is 0. The maximum absolute atomic E-state index is 10.8. The molecule has 1 N–H and O–H groups in total. The van der Waals surface area contributed by atoms with Crippen molar-refractivity contribution in [3.63, 3.8) is 0 Å². The number of hydrogen-bond donors (Lipinski definition) is 1. The molecule has 0 bridgehead atoms. The maximum Gasteiger partial charge on any atom is 0.150 e. The molecule has 0 aliphatic heterocycles. The maximum atomic E-state index is 10.8. The summed E-state index contributed by atoms with van der Waals surface area (Å²) in [6.07, 6.45) is 1.96. The van der Waals surface area contributed by atoms with Crippen LogP contribution < -0.4 is 5.32 Å². The van der Waals surface area contributed by atoms with Crippen LogP contribution in [0.3, 0.4) is 0 Å². The summed E-state index contributed by atoms with van der Waals surface area (Å²) in [6.45, 7) is 2.49. The van der Waals surface area contributed by atoms with E-state index in [1.807, 2.05) is 7.05 Å². The van der Waals surface area contributed by atoms with Crippen molar-refractivity contribution in [2.75, 3.05) is 19.8 Å². The van der Waals surface area contributed by atoms with Gasteiger partial charge in [0.25, 0.3) is 0 Å². The van der Waals surface area contributed by atoms with Crippen molar-refractivity contribution in [2.45, 2.75) is 18.6 Å². The van der Waals surface area contributed by atoms with Crippen LogP contribution in [0.5, 0.6) is 0 Å². The first-order valence-electron chi connectivity index (χ1n) is 3.32. The highest BCUT2D eigenvalue weighted by molar-refractivity contribution is 7.91. The van der Waals surface area contributed by atoms with Gasteiger partial charge in [0.05, 0.1) is 5.25 Å². The van der Waals surface area contributed by atoms with Gasteiger partial charge in [-0.05, 0) is 26.9 Å². The number of rotatable bonds is 4. The van der Waals surface area contributed by atoms with E-state index in [-0.39, 0.29) is 5.25 Å². The van der Waals surface area contributed by atoms with Crippen LogP contribution in [0.1, 0.15) is 13.3 Å². The van der Waals surface area contributed by atoms with Crippen molar-refractivity contribution < 1.29 is 8.42 Å². The third-order valence-corrected chi connectivity index (χ3v) is 3.23. The van der Waals surface area contributed by atoms with Crippen LogP contribution in [0.2, 0.25) is 0 Å². The fraction of sp³-hybridized carbons (Fsp3) is 1.00. The molecule has 1 atom stereocenters. The normalized spacial score (nSPS) is 15.1. The summed E-state index contributed by atoms with van der Waals surface area (Å²) in [4.78, 5) is 0. The molecule has 3 nitrogen and oxygen atoms in total. The van der Waals surface area contributed by atoms with Crippen LogP contribution in [0.15, 0.2) is 0 Å². The Morgan fingerprint density at radius 3 is 2.30 bits per heavy atom. The lowest BCUT2D eigenvalue weighted by atomic mass is 10.3. The van der Waals surface area contributed by atoms with Crippen molar-refractivity contribution in [2.24, 2.45) is 0 Å². The number of hydrogen-bond acceptors (Lipinski definition) is 3. The zero-order valence-corrected chi connectivity index (χ0v) is 7.53. The van der Waals surface area contributed by atoms with Gasteiger partial charge in [-0.15, -0.1) is 0 Å². The van der Waals surface area contributed by atoms with Gasteiger partial charge >= 0.3 is 0 Å². The van der Waals surface area contributed by atoms with Gasteiger partial charge in [0.2, 0.25) is 0 Å². The molecule has 0 spiro atoms. The van der Waals surface area contributed by atoms with E-state index in [0.717, 1.165) is 6.54 Å². The van der Waals surface area contributed by atoms with Crippen LogP contribution in [0.25, 0.3) is 0 Å². The molecule has 0 saturated heterocycles. The van der Waals surface area contributed by atoms with E-state index in [1.165, 1.54) is 6.26 Å². The minimum absolute atomic E-state index is 0.222. The van der Waals surface area contributed by atoms with Crippen molar-refractivity contribution in [3.05, 3.63) is 0 Å². The summed E-state index contributed by atoms with van der Waals surface area (Å²) in [5.74, 6) is 0. The molecule has 0 aromatic carbocycles. The highest BCUT2D eigenvalue weighted by Gasteiger charge is 2.12. The molecule has 4 heteroatoms. The third kappa shape index (κ3) is 3.85. The van der Waals surface area contributed by atoms with Crippen LogP contribution in [0, 0.1) is 0 Å². The van der Waals surface area contributed by atoms with Crippen molar-refractivity contribution in [3.8, 4) is 0 Å². The van der Waals surface area contributed by atoms with E-state index in [4.69, 9.17) is 0 Å². The topological polar surface area (TPSA) is 46.2 Å². The van der Waals surface area contributed by atoms with E-state index < -0.39 is 9.84 Å². The molecule has 0 fully saturated rings. The average molecular weight is 165 g/mol. The highest BCUT2D eigenvalue weighted by Crippen LogP contribution is 2.01. The fourth-order valence-corrected chi connectivity index (χ4v) is 1.11. The lowest BCUT2D eigenvalue weighted by Crippen LogP contribution is -2.21. The van der Waals surface area contributed by atoms with Gasteiger partial charge in [-0.1, -0.05) is 0 Å². The molecule has 0 aliphatic carbocycles. The Labute approximate surface area is 62.7 Å². The minimum Gasteiger partial charge on any atom is -0.320 e. The van der Waals surface area contributed by atoms with Gasteiger partial charge < -0.3 is 5.32 Å². The Morgan fingerprint density at radius 1 is 1.50 bits per heavy atom. The molecule has 0 amide bonds. The molecular weight excluding hydrogens is 150 g/mol. The zero-order valence-electron chi connectivity index (χ0n) is 6.72. The predicted molar refractivity (Wildman–Crippen MR) is 42.8 cm³/mol. The summed E-state index contributed by atoms with van der Waals surface area (Å²) in [5.41, 5.74) is 0. The second-order valence-electron chi connectivity index (χ2n) is 2.53. The fourth-order valence-electron chi connectivity index (χ4n) is 0.562. The molecule has 0 radical (unpaired) electrons. The molecule has 62 valence electrons. The number of nitrogens with one attached hydrogen (secondary N) is 1. The highest BCUT2D eigenvalue weighted by atomic mass is 32.2. The summed E-state index contributed by atoms with van der Waals surface area (Å²) < 4.78 is 21.6. The monoisotopic (exact) mass is 165 g/mol. The summed E-state index contributed by atoms with van der Waals surface area (Å²) in [7, 11) is -1.00. The van der Waals surface area contributed by atoms with Crippen LogP contribution in [-0.2, 0) is 9.84 Å². The van der Waals surface area contributed by atoms with Crippen molar-refractivity contribution >= 4 is 9.84 Å². The standard InChI is InChI=1S/C6H15NO2S/c1-6(4-5-7-2)10(3,8)9/h6-7H,4-5H2,1-3H3. The van der Waals surface area contributed by atoms with E-state index in [0.29, 0.717) is 6.42 Å². The molecule has 1 unspecified atom stereocenters. The predicted octanol–water partition coefficient (Wildman–Crippen LogP) is 0.0290. The van der Waals surface area contributed by atoms with E-state index in [1.54, 1.807) is 6.92 Å². The largest absolute Gasteiger partial charge is 0.320 e. The molecule has 0 aromatic heterocycles. The summed E-state index contributed by atoms with van der Waals surface area (Å²) in [6, 6.07) is 0. The van der Waals surface area contributed by atoms with E-state index >= 15 is 0 Å². The van der Waals surface area contributed by atoms with Crippen LogP contribution in [-0.4, -0.2) is 33.5 Å². The molecule has 0 aliphatic rings. The SMILES string of the molecule is CNCCC(C)S(C)(=O)=O. The van der Waals surface area contributed by atoms with Crippen LogP contribution >= 0.6 is 0 Å². The van der Waals surface area contributed by atoms with Crippen molar-refractivity contribution in [1.82, 2.24) is 5.32 Å². The quantitative estimate of drug-likeness (QED) is 0.639. The molecule has 0 aromatic rings. The van der Waals surface area contributed by atoms with Gasteiger partial charge in [0.1, 0.15) is 9.84 Å². The molecular formula is C6H15NO2S. The van der Waals surface area contributed by atoms with Gasteiger partial charge in [0, 0.05) is 6.26 Å². The van der Waals surface area contributed by atoms with Crippen LogP contribution in [0.4, 0.5) is 0 Å². The summed E-state index contributed by atoms with van der Waals surface area (Å²) in [5, 5.41) is 2.68. The first-order chi connectivity index (χ1) is 4.48. The van der Waals surface area contributed by atoms with Gasteiger partial charge in [0.15, 0.2) is 0 Å². The number of sulfone groups is 1. The second-order valence-corrected chi connectivity index (χ2v) is 5.00. The molecule has 0 saturated carbocycles. The van der Waals surface area contributed by atoms with Gasteiger partial charge in [-0.25, -0.2) is 8.42 Å². The Balaban J connectivity index is 3.75. The van der Waals surface area contributed by atoms with E-state index in [9.17, 15) is 8.42 Å². The minimum atomic E-state index is -2.82. The zero-order chi connectivity index (χ0) is 8.20. The van der Waals surface area contributed by atoms with Crippen molar-refractivity contribution in [1.29, 1.82) is 0 Å². The Morgan fingerprint density at radius 2 is 2.00 bits per heavy atom. The average Bonchev–Trinajstić information content (AvgIpc) is 1.80. The molecule has 0 heterocycles. The molecule has 10 heavy (non-hydrogen) atoms. The lowest BCUT2D eigenvalue weighted by molar-refractivity contribution is 0.579. The lowest BCUT2D eigenvalue weighted by Gasteiger charge is -2.07. The third-order valence-electron chi connectivity index (χ3n) is 1.53. The first kappa shape index (κ1) is 9.91. The second kappa shape index (κ2) is 3.93. The smallest absolute Gasteiger partial charge is 0.150 e. The Bertz CT molecular complexity index is 174. The molecule has 0 rings (SSSR count). The van der Waals surface area contributed by atoms with Gasteiger partial charge in [-0.2, -0.15) is 0 Å². The first-order valence-corrected chi connectivity index (χ1v) is 5.27. The van der Waals surface area contributed by atoms with Gasteiger partial charge in [-0.3, -0.25) is 0 Å². The Kier molecular flexibility index (Phi) is 3.89.